The lowest BCUT2D eigenvalue weighted by molar-refractivity contribution is -0.671. The number of aromatic nitrogens is 3. The second kappa shape index (κ2) is 7.16. The van der Waals surface area contributed by atoms with Gasteiger partial charge in [-0.1, -0.05) is 0 Å². The highest BCUT2D eigenvalue weighted by atomic mass is 16.5. The molecule has 1 atom stereocenters. The number of H-pyrrole nitrogens is 1. The van der Waals surface area contributed by atoms with Gasteiger partial charge in [0.25, 0.3) is 0 Å². The molecular weight excluding hydrogens is 418 g/mol. The van der Waals surface area contributed by atoms with Crippen LogP contribution in [0.25, 0.3) is 11.3 Å². The average Bonchev–Trinajstić information content (AvgIpc) is 3.53. The van der Waals surface area contributed by atoms with Crippen LogP contribution in [0.1, 0.15) is 33.1 Å². The van der Waals surface area contributed by atoms with Crippen molar-refractivity contribution in [2.45, 2.75) is 12.5 Å². The number of ether oxygens (including phenoxy) is 1. The lowest BCUT2D eigenvalue weighted by atomic mass is 9.75. The molecule has 1 unspecified atom stereocenters. The molecule has 3 heterocycles. The number of aromatic amines is 1. The molecule has 33 heavy (non-hydrogen) atoms. The molecule has 1 aromatic carbocycles. The van der Waals surface area contributed by atoms with E-state index in [0.29, 0.717) is 29.1 Å². The van der Waals surface area contributed by atoms with E-state index in [1.54, 1.807) is 19.4 Å². The summed E-state index contributed by atoms with van der Waals surface area (Å²) in [5.74, 6) is 0.707. The van der Waals surface area contributed by atoms with Crippen LogP contribution in [0.2, 0.25) is 0 Å². The highest BCUT2D eigenvalue weighted by Crippen LogP contribution is 2.51. The number of ketones is 1. The number of hydrogen-bond donors (Lipinski definition) is 4. The quantitative estimate of drug-likeness (QED) is 0.441. The molecule has 0 spiro atoms. The van der Waals surface area contributed by atoms with Crippen molar-refractivity contribution in [3.63, 3.8) is 0 Å². The van der Waals surface area contributed by atoms with Gasteiger partial charge in [0, 0.05) is 46.5 Å². The Morgan fingerprint density at radius 1 is 1.30 bits per heavy atom. The number of Topliss-reactive ketones (excluding diaryl/α,β-unsaturated/α-hetero) is 1. The third-order valence-electron chi connectivity index (χ3n) is 6.53. The van der Waals surface area contributed by atoms with Gasteiger partial charge in [0.05, 0.1) is 37.9 Å². The summed E-state index contributed by atoms with van der Waals surface area (Å²) in [4.78, 5) is 16.8. The number of nitrogens with zero attached hydrogens (tertiary/aromatic N) is 2. The first-order valence-corrected chi connectivity index (χ1v) is 10.9. The summed E-state index contributed by atoms with van der Waals surface area (Å²) in [6.45, 7) is 1.46. The van der Waals surface area contributed by atoms with Gasteiger partial charge >= 0.3 is 0 Å². The van der Waals surface area contributed by atoms with Crippen molar-refractivity contribution in [3.05, 3.63) is 89.0 Å². The maximum atomic E-state index is 13.7. The second-order valence-electron chi connectivity index (χ2n) is 8.52. The van der Waals surface area contributed by atoms with Crippen LogP contribution in [0.15, 0.2) is 66.7 Å². The Morgan fingerprint density at radius 3 is 2.97 bits per heavy atom. The van der Waals surface area contributed by atoms with E-state index < -0.39 is 0 Å². The van der Waals surface area contributed by atoms with Gasteiger partial charge in [0.15, 0.2) is 0 Å². The number of imidazole rings is 1. The number of aliphatic hydroxyl groups excluding tert-OH is 1. The molecule has 0 radical (unpaired) electrons. The van der Waals surface area contributed by atoms with Gasteiger partial charge in [0.2, 0.25) is 12.1 Å². The summed E-state index contributed by atoms with van der Waals surface area (Å²) in [6.07, 6.45) is 11.4. The van der Waals surface area contributed by atoms with Gasteiger partial charge in [0.1, 0.15) is 30.4 Å². The Kier molecular flexibility index (Phi) is 4.23. The number of aliphatic hydroxyl groups is 1. The summed E-state index contributed by atoms with van der Waals surface area (Å²) < 4.78 is 9.56. The number of carbonyl (C=O) groups excluding carboxylic acids is 1. The Labute approximate surface area is 190 Å². The van der Waals surface area contributed by atoms with Crippen molar-refractivity contribution in [2.75, 3.05) is 19.0 Å². The molecule has 8 heteroatoms. The average molecular weight is 442 g/mol. The van der Waals surface area contributed by atoms with Gasteiger partial charge in [-0.15, -0.1) is 0 Å². The molecule has 0 fully saturated rings. The van der Waals surface area contributed by atoms with Crippen molar-refractivity contribution >= 4 is 22.8 Å². The fourth-order valence-electron chi connectivity index (χ4n) is 5.00. The monoisotopic (exact) mass is 442 g/mol. The van der Waals surface area contributed by atoms with Crippen molar-refractivity contribution in [1.82, 2.24) is 14.9 Å². The van der Waals surface area contributed by atoms with E-state index in [0.717, 1.165) is 34.6 Å². The third-order valence-corrected chi connectivity index (χ3v) is 6.53. The number of nitrogens with one attached hydrogen (secondary N) is 3. The zero-order chi connectivity index (χ0) is 22.7. The first kappa shape index (κ1) is 19.5. The number of anilines is 1. The molecule has 3 aromatic rings. The standard InChI is InChI=1S/C25H23N5O3/c1-29-7-8-30(13-29)6-5-26-18-10-15(33-2)3-4-16(18)22-23-20-14(11-27-23)9-19(31)17-12-28-24(21(17)20)25(22)32/h3-4,7-13,20,26H,5-6H2,1-2H3,(H2-,27,28,31,32)/p+1. The fourth-order valence-corrected chi connectivity index (χ4v) is 5.00. The minimum Gasteiger partial charge on any atom is -0.507 e. The van der Waals surface area contributed by atoms with Crippen LogP contribution in [-0.2, 0) is 13.6 Å². The molecule has 0 saturated heterocycles. The lowest BCUT2D eigenvalue weighted by Crippen LogP contribution is -2.25. The van der Waals surface area contributed by atoms with Crippen LogP contribution < -0.4 is 19.9 Å². The zero-order valence-corrected chi connectivity index (χ0v) is 18.3. The molecule has 8 nitrogen and oxygen atoms in total. The fraction of sp³-hybridized carbons (Fsp3) is 0.200. The van der Waals surface area contributed by atoms with E-state index in [-0.39, 0.29) is 17.5 Å². The predicted molar refractivity (Wildman–Crippen MR) is 124 cm³/mol. The van der Waals surface area contributed by atoms with Crippen molar-refractivity contribution in [1.29, 1.82) is 0 Å². The minimum atomic E-state index is -0.0975. The van der Waals surface area contributed by atoms with Gasteiger partial charge in [-0.05, 0) is 23.8 Å². The van der Waals surface area contributed by atoms with Crippen LogP contribution in [-0.4, -0.2) is 34.1 Å². The van der Waals surface area contributed by atoms with E-state index >= 15 is 0 Å². The smallest absolute Gasteiger partial charge is 0.243 e. The maximum absolute atomic E-state index is 13.7. The Bertz CT molecular complexity index is 1410. The molecule has 1 aliphatic heterocycles. The molecule has 0 amide bonds. The number of allylic oxidation sites excluding steroid dienone is 3. The summed E-state index contributed by atoms with van der Waals surface area (Å²) in [5.41, 5.74) is 6.14. The zero-order valence-electron chi connectivity index (χ0n) is 18.3. The molecular formula is C25H24N5O3+. The molecule has 0 bridgehead atoms. The Balaban J connectivity index is 1.41. The summed E-state index contributed by atoms with van der Waals surface area (Å²) in [6, 6.07) is 5.73. The van der Waals surface area contributed by atoms with Crippen LogP contribution in [0.4, 0.5) is 5.69 Å². The molecule has 6 rings (SSSR count). The SMILES string of the molecule is COc1ccc(C2=C3NC=C4C=C(O)c5c[nH]c(c5C43)C2=O)c(NCCn2cc[n+](C)c2)c1. The van der Waals surface area contributed by atoms with Gasteiger partial charge in [-0.2, -0.15) is 0 Å². The first-order valence-electron chi connectivity index (χ1n) is 10.9. The number of rotatable bonds is 6. The number of carbonyl (C=O) groups is 1. The van der Waals surface area contributed by atoms with Gasteiger partial charge in [-0.25, -0.2) is 9.13 Å². The molecule has 2 aliphatic carbocycles. The molecule has 2 aromatic heterocycles. The van der Waals surface area contributed by atoms with Crippen molar-refractivity contribution in [3.8, 4) is 5.75 Å². The van der Waals surface area contributed by atoms with Crippen LogP contribution in [0.3, 0.4) is 0 Å². The van der Waals surface area contributed by atoms with E-state index in [9.17, 15) is 9.90 Å². The predicted octanol–water partition coefficient (Wildman–Crippen LogP) is 2.85. The number of methoxy groups -OCH3 is 1. The first-order chi connectivity index (χ1) is 16.0. The van der Waals surface area contributed by atoms with E-state index in [1.807, 2.05) is 54.7 Å². The molecule has 0 saturated carbocycles. The normalized spacial score (nSPS) is 18.0. The van der Waals surface area contributed by atoms with Crippen molar-refractivity contribution in [2.24, 2.45) is 7.05 Å². The van der Waals surface area contributed by atoms with E-state index in [2.05, 4.69) is 20.2 Å². The Hall–Kier alpha value is -4.20. The molecule has 3 aliphatic rings. The lowest BCUT2D eigenvalue weighted by Gasteiger charge is -2.28. The summed E-state index contributed by atoms with van der Waals surface area (Å²) >= 11 is 0. The van der Waals surface area contributed by atoms with Crippen LogP contribution in [0.5, 0.6) is 5.75 Å². The number of benzene rings is 1. The number of aryl methyl sites for hydroxylation is 1. The largest absolute Gasteiger partial charge is 0.507 e. The summed E-state index contributed by atoms with van der Waals surface area (Å²) in [5, 5.41) is 17.2. The highest BCUT2D eigenvalue weighted by molar-refractivity contribution is 6.32. The maximum Gasteiger partial charge on any atom is 0.243 e. The summed E-state index contributed by atoms with van der Waals surface area (Å²) in [7, 11) is 3.62. The van der Waals surface area contributed by atoms with Gasteiger partial charge < -0.3 is 25.5 Å². The minimum absolute atomic E-state index is 0.0926. The second-order valence-corrected chi connectivity index (χ2v) is 8.52. The number of hydrogen-bond acceptors (Lipinski definition) is 5. The topological polar surface area (TPSA) is 95.2 Å². The van der Waals surface area contributed by atoms with E-state index in [4.69, 9.17) is 4.74 Å². The highest BCUT2D eigenvalue weighted by Gasteiger charge is 2.43. The van der Waals surface area contributed by atoms with Crippen molar-refractivity contribution < 1.29 is 19.2 Å². The molecule has 4 N–H and O–H groups in total. The van der Waals surface area contributed by atoms with Gasteiger partial charge in [-0.3, -0.25) is 4.79 Å². The van der Waals surface area contributed by atoms with E-state index in [1.165, 1.54) is 0 Å². The van der Waals surface area contributed by atoms with Crippen LogP contribution in [0, 0.1) is 0 Å². The Morgan fingerprint density at radius 2 is 2.18 bits per heavy atom. The molecule has 166 valence electrons. The third kappa shape index (κ3) is 2.91. The van der Waals surface area contributed by atoms with Crippen LogP contribution >= 0.6 is 0 Å².